The fourth-order valence-corrected chi connectivity index (χ4v) is 2.63. The van der Waals surface area contributed by atoms with Gasteiger partial charge in [-0.05, 0) is 48.7 Å². The summed E-state index contributed by atoms with van der Waals surface area (Å²) < 4.78 is 0. The molecule has 2 heterocycles. The lowest BCUT2D eigenvalue weighted by Crippen LogP contribution is -2.25. The first kappa shape index (κ1) is 13.6. The SMILES string of the molecule is CC(=O)N1CCc2cc(NCc3ccc(C)cn3)ccc21. The molecule has 4 nitrogen and oxygen atoms in total. The van der Waals surface area contributed by atoms with Crippen molar-refractivity contribution in [2.24, 2.45) is 0 Å². The van der Waals surface area contributed by atoms with Crippen LogP contribution in [0.4, 0.5) is 11.4 Å². The first-order chi connectivity index (χ1) is 10.1. The maximum Gasteiger partial charge on any atom is 0.223 e. The van der Waals surface area contributed by atoms with Crippen LogP contribution >= 0.6 is 0 Å². The molecular formula is C17H19N3O. The van der Waals surface area contributed by atoms with Gasteiger partial charge in [-0.1, -0.05) is 6.07 Å². The molecule has 0 atom stereocenters. The highest BCUT2D eigenvalue weighted by atomic mass is 16.2. The topological polar surface area (TPSA) is 45.2 Å². The lowest BCUT2D eigenvalue weighted by atomic mass is 10.1. The average Bonchev–Trinajstić information content (AvgIpc) is 2.90. The minimum absolute atomic E-state index is 0.110. The van der Waals surface area contributed by atoms with Gasteiger partial charge in [0.25, 0.3) is 0 Å². The number of carbonyl (C=O) groups excluding carboxylic acids is 1. The van der Waals surface area contributed by atoms with Gasteiger partial charge in [0.2, 0.25) is 5.91 Å². The number of anilines is 2. The zero-order chi connectivity index (χ0) is 14.8. The molecule has 0 bridgehead atoms. The van der Waals surface area contributed by atoms with Gasteiger partial charge < -0.3 is 10.2 Å². The number of amides is 1. The third-order valence-corrected chi connectivity index (χ3v) is 3.80. The molecule has 21 heavy (non-hydrogen) atoms. The molecular weight excluding hydrogens is 262 g/mol. The molecule has 1 aromatic heterocycles. The molecule has 0 saturated heterocycles. The number of aryl methyl sites for hydroxylation is 1. The van der Waals surface area contributed by atoms with Crippen LogP contribution in [0.1, 0.15) is 23.7 Å². The molecule has 0 spiro atoms. The summed E-state index contributed by atoms with van der Waals surface area (Å²) in [6, 6.07) is 10.3. The fraction of sp³-hybridized carbons (Fsp3) is 0.294. The third-order valence-electron chi connectivity index (χ3n) is 3.80. The molecule has 0 unspecified atom stereocenters. The van der Waals surface area contributed by atoms with E-state index in [1.54, 1.807) is 6.92 Å². The zero-order valence-corrected chi connectivity index (χ0v) is 12.4. The van der Waals surface area contributed by atoms with Crippen molar-refractivity contribution in [3.8, 4) is 0 Å². The van der Waals surface area contributed by atoms with E-state index in [4.69, 9.17) is 0 Å². The number of aromatic nitrogens is 1. The summed E-state index contributed by atoms with van der Waals surface area (Å²) in [5, 5.41) is 3.39. The molecule has 2 aromatic rings. The molecule has 4 heteroatoms. The summed E-state index contributed by atoms with van der Waals surface area (Å²) >= 11 is 0. The van der Waals surface area contributed by atoms with Gasteiger partial charge in [0.1, 0.15) is 0 Å². The van der Waals surface area contributed by atoms with Crippen molar-refractivity contribution in [2.45, 2.75) is 26.8 Å². The van der Waals surface area contributed by atoms with Crippen molar-refractivity contribution in [2.75, 3.05) is 16.8 Å². The number of nitrogens with zero attached hydrogens (tertiary/aromatic N) is 2. The van der Waals surface area contributed by atoms with Gasteiger partial charge in [0.05, 0.1) is 12.2 Å². The van der Waals surface area contributed by atoms with E-state index in [1.165, 1.54) is 11.1 Å². The van der Waals surface area contributed by atoms with E-state index in [9.17, 15) is 4.79 Å². The normalized spacial score (nSPS) is 13.1. The summed E-state index contributed by atoms with van der Waals surface area (Å²) in [4.78, 5) is 17.8. The van der Waals surface area contributed by atoms with Crippen LogP contribution < -0.4 is 10.2 Å². The van der Waals surface area contributed by atoms with Gasteiger partial charge in [0, 0.05) is 31.0 Å². The summed E-state index contributed by atoms with van der Waals surface area (Å²) in [6.45, 7) is 5.14. The molecule has 1 N–H and O–H groups in total. The van der Waals surface area contributed by atoms with Crippen molar-refractivity contribution >= 4 is 17.3 Å². The largest absolute Gasteiger partial charge is 0.379 e. The van der Waals surface area contributed by atoms with Crippen LogP contribution in [-0.2, 0) is 17.8 Å². The molecule has 0 fully saturated rings. The number of hydrogen-bond acceptors (Lipinski definition) is 3. The van der Waals surface area contributed by atoms with Gasteiger partial charge in [-0.2, -0.15) is 0 Å². The van der Waals surface area contributed by atoms with Crippen LogP contribution in [0.15, 0.2) is 36.5 Å². The summed E-state index contributed by atoms with van der Waals surface area (Å²) in [6.07, 6.45) is 2.80. The van der Waals surface area contributed by atoms with E-state index in [-0.39, 0.29) is 5.91 Å². The summed E-state index contributed by atoms with van der Waals surface area (Å²) in [5.74, 6) is 0.110. The van der Waals surface area contributed by atoms with Crippen LogP contribution in [0.5, 0.6) is 0 Å². The van der Waals surface area contributed by atoms with Crippen molar-refractivity contribution in [1.82, 2.24) is 4.98 Å². The van der Waals surface area contributed by atoms with Gasteiger partial charge in [-0.3, -0.25) is 9.78 Å². The maximum absolute atomic E-state index is 11.5. The number of fused-ring (bicyclic) bond motifs is 1. The minimum atomic E-state index is 0.110. The molecule has 0 radical (unpaired) electrons. The number of nitrogens with one attached hydrogen (secondary N) is 1. The lowest BCUT2D eigenvalue weighted by Gasteiger charge is -2.15. The molecule has 1 aromatic carbocycles. The Labute approximate surface area is 124 Å². The first-order valence-corrected chi connectivity index (χ1v) is 7.20. The Balaban J connectivity index is 1.70. The number of pyridine rings is 1. The van der Waals surface area contributed by atoms with E-state index in [1.807, 2.05) is 36.2 Å². The van der Waals surface area contributed by atoms with Crippen molar-refractivity contribution in [1.29, 1.82) is 0 Å². The van der Waals surface area contributed by atoms with Crippen LogP contribution in [0, 0.1) is 6.92 Å². The Hall–Kier alpha value is -2.36. The predicted octanol–water partition coefficient (Wildman–Crippen LogP) is 2.91. The number of carbonyl (C=O) groups is 1. The molecule has 3 rings (SSSR count). The van der Waals surface area contributed by atoms with Crippen molar-refractivity contribution < 1.29 is 4.79 Å². The Bertz CT molecular complexity index is 664. The van der Waals surface area contributed by atoms with Gasteiger partial charge in [0.15, 0.2) is 0 Å². The van der Waals surface area contributed by atoms with Gasteiger partial charge in [-0.15, -0.1) is 0 Å². The Morgan fingerprint density at radius 1 is 1.33 bits per heavy atom. The minimum Gasteiger partial charge on any atom is -0.379 e. The predicted molar refractivity (Wildman–Crippen MR) is 84.5 cm³/mol. The van der Waals surface area contributed by atoms with Crippen LogP contribution in [-0.4, -0.2) is 17.4 Å². The molecule has 108 valence electrons. The van der Waals surface area contributed by atoms with Crippen LogP contribution in [0.3, 0.4) is 0 Å². The van der Waals surface area contributed by atoms with Gasteiger partial charge in [-0.25, -0.2) is 0 Å². The lowest BCUT2D eigenvalue weighted by molar-refractivity contribution is -0.116. The van der Waals surface area contributed by atoms with E-state index in [0.29, 0.717) is 6.54 Å². The smallest absolute Gasteiger partial charge is 0.223 e. The third kappa shape index (κ3) is 2.89. The highest BCUT2D eigenvalue weighted by Crippen LogP contribution is 2.30. The maximum atomic E-state index is 11.5. The van der Waals surface area contributed by atoms with E-state index in [2.05, 4.69) is 22.4 Å². The Morgan fingerprint density at radius 2 is 2.19 bits per heavy atom. The second kappa shape index (κ2) is 5.56. The first-order valence-electron chi connectivity index (χ1n) is 7.20. The molecule has 0 saturated carbocycles. The fourth-order valence-electron chi connectivity index (χ4n) is 2.63. The molecule has 0 aliphatic carbocycles. The standard InChI is InChI=1S/C17H19N3O/c1-12-3-4-16(18-10-12)11-19-15-5-6-17-14(9-15)7-8-20(17)13(2)21/h3-6,9-10,19H,7-8,11H2,1-2H3. The average molecular weight is 281 g/mol. The highest BCUT2D eigenvalue weighted by Gasteiger charge is 2.21. The number of rotatable bonds is 3. The molecule has 1 aliphatic heterocycles. The Morgan fingerprint density at radius 3 is 2.90 bits per heavy atom. The summed E-state index contributed by atoms with van der Waals surface area (Å²) in [5.41, 5.74) is 5.53. The Kier molecular flexibility index (Phi) is 3.60. The number of benzene rings is 1. The zero-order valence-electron chi connectivity index (χ0n) is 12.4. The second-order valence-corrected chi connectivity index (χ2v) is 5.44. The van der Waals surface area contributed by atoms with Crippen molar-refractivity contribution in [3.05, 3.63) is 53.3 Å². The van der Waals surface area contributed by atoms with E-state index >= 15 is 0 Å². The second-order valence-electron chi connectivity index (χ2n) is 5.44. The van der Waals surface area contributed by atoms with Crippen LogP contribution in [0.25, 0.3) is 0 Å². The highest BCUT2D eigenvalue weighted by molar-refractivity contribution is 5.94. The molecule has 1 amide bonds. The van der Waals surface area contributed by atoms with E-state index in [0.717, 1.165) is 30.0 Å². The quantitative estimate of drug-likeness (QED) is 0.941. The summed E-state index contributed by atoms with van der Waals surface area (Å²) in [7, 11) is 0. The van der Waals surface area contributed by atoms with Crippen LogP contribution in [0.2, 0.25) is 0 Å². The molecule has 1 aliphatic rings. The number of hydrogen-bond donors (Lipinski definition) is 1. The van der Waals surface area contributed by atoms with Gasteiger partial charge >= 0.3 is 0 Å². The monoisotopic (exact) mass is 281 g/mol. The van der Waals surface area contributed by atoms with E-state index < -0.39 is 0 Å². The van der Waals surface area contributed by atoms with Crippen molar-refractivity contribution in [3.63, 3.8) is 0 Å².